The second-order valence-corrected chi connectivity index (χ2v) is 12.5. The van der Waals surface area contributed by atoms with Crippen molar-refractivity contribution in [2.45, 2.75) is 78.0 Å². The number of ether oxygens (including phenoxy) is 1. The van der Waals surface area contributed by atoms with Crippen LogP contribution in [-0.2, 0) is 11.8 Å². The summed E-state index contributed by atoms with van der Waals surface area (Å²) in [6, 6.07) is 5.32. The van der Waals surface area contributed by atoms with Crippen molar-refractivity contribution < 1.29 is 18.7 Å². The lowest BCUT2D eigenvalue weighted by Crippen LogP contribution is -2.46. The fourth-order valence-electron chi connectivity index (χ4n) is 5.87. The van der Waals surface area contributed by atoms with Gasteiger partial charge in [-0.2, -0.15) is 5.10 Å². The number of aryl methyl sites for hydroxylation is 3. The van der Waals surface area contributed by atoms with Crippen LogP contribution in [0, 0.1) is 19.7 Å². The molecule has 0 unspecified atom stereocenters. The highest BCUT2D eigenvalue weighted by Crippen LogP contribution is 2.37. The minimum atomic E-state index is -0.538. The molecule has 1 saturated carbocycles. The number of anilines is 2. The summed E-state index contributed by atoms with van der Waals surface area (Å²) in [5, 5.41) is 8.40. The highest BCUT2D eigenvalue weighted by molar-refractivity contribution is 6.15. The van der Waals surface area contributed by atoms with Crippen LogP contribution in [0.1, 0.15) is 68.2 Å². The van der Waals surface area contributed by atoms with Crippen molar-refractivity contribution in [1.29, 1.82) is 0 Å². The maximum absolute atomic E-state index is 15.2. The van der Waals surface area contributed by atoms with Crippen molar-refractivity contribution in [1.82, 2.24) is 24.5 Å². The van der Waals surface area contributed by atoms with Crippen LogP contribution < -0.4 is 15.1 Å². The third-order valence-corrected chi connectivity index (χ3v) is 8.21. The number of carbonyl (C=O) groups is 2. The van der Waals surface area contributed by atoms with Gasteiger partial charge in [-0.1, -0.05) is 0 Å². The van der Waals surface area contributed by atoms with Crippen LogP contribution in [0.3, 0.4) is 0 Å². The van der Waals surface area contributed by atoms with Gasteiger partial charge in [0.05, 0.1) is 28.7 Å². The second-order valence-electron chi connectivity index (χ2n) is 12.5. The Kier molecular flexibility index (Phi) is 6.86. The van der Waals surface area contributed by atoms with Crippen LogP contribution in [0.4, 0.5) is 20.6 Å². The van der Waals surface area contributed by atoms with Crippen LogP contribution >= 0.6 is 0 Å². The minimum absolute atomic E-state index is 0.0127. The van der Waals surface area contributed by atoms with Gasteiger partial charge in [-0.15, -0.1) is 0 Å². The molecule has 0 radical (unpaired) electrons. The molecule has 1 saturated heterocycles. The van der Waals surface area contributed by atoms with Gasteiger partial charge in [-0.25, -0.2) is 14.2 Å². The normalized spacial score (nSPS) is 16.3. The molecule has 11 heteroatoms. The minimum Gasteiger partial charge on any atom is -0.444 e. The number of carbonyl (C=O) groups excluding carboxylic acids is 2. The van der Waals surface area contributed by atoms with Gasteiger partial charge < -0.3 is 19.9 Å². The number of hydrogen-bond acceptors (Lipinski definition) is 6. The van der Waals surface area contributed by atoms with E-state index in [4.69, 9.17) is 4.74 Å². The highest BCUT2D eigenvalue weighted by atomic mass is 19.1. The number of halogens is 1. The van der Waals surface area contributed by atoms with Crippen LogP contribution in [0.25, 0.3) is 16.6 Å². The van der Waals surface area contributed by atoms with Crippen molar-refractivity contribution in [3.63, 3.8) is 0 Å². The number of piperidine rings is 1. The Morgan fingerprint density at radius 3 is 2.50 bits per heavy atom. The maximum atomic E-state index is 15.2. The zero-order valence-corrected chi connectivity index (χ0v) is 25.1. The van der Waals surface area contributed by atoms with Gasteiger partial charge in [0, 0.05) is 61.3 Å². The summed E-state index contributed by atoms with van der Waals surface area (Å²) in [4.78, 5) is 34.8. The first-order chi connectivity index (χ1) is 19.9. The van der Waals surface area contributed by atoms with Gasteiger partial charge in [0.25, 0.3) is 5.91 Å². The number of amides is 2. The van der Waals surface area contributed by atoms with Gasteiger partial charge in [-0.05, 0) is 72.4 Å². The summed E-state index contributed by atoms with van der Waals surface area (Å²) >= 11 is 0. The van der Waals surface area contributed by atoms with Gasteiger partial charge in [-0.3, -0.25) is 13.9 Å². The van der Waals surface area contributed by atoms with E-state index in [1.54, 1.807) is 20.2 Å². The molecule has 1 N–H and O–H groups in total. The Hall–Kier alpha value is -4.15. The number of nitrogens with one attached hydrogen (secondary N) is 1. The SMILES string of the molecule is Cc1nc2c(F)cc(N(C(=O)c3ccc(N4CCC(NC(=O)OC(C)(C)C)CC4)c4cnn(C)c34)C3CC3)cn2c1C. The number of alkyl carbamates (subject to hydrolysis) is 1. The quantitative estimate of drug-likeness (QED) is 0.348. The fraction of sp³-hybridized carbons (Fsp3) is 0.484. The van der Waals surface area contributed by atoms with E-state index in [9.17, 15) is 9.59 Å². The topological polar surface area (TPSA) is 97.0 Å². The molecule has 2 aliphatic rings. The Morgan fingerprint density at radius 1 is 1.12 bits per heavy atom. The Morgan fingerprint density at radius 2 is 1.83 bits per heavy atom. The number of pyridine rings is 1. The van der Waals surface area contributed by atoms with Crippen molar-refractivity contribution in [3.05, 3.63) is 53.4 Å². The summed E-state index contributed by atoms with van der Waals surface area (Å²) < 4.78 is 24.1. The molecule has 2 amide bonds. The fourth-order valence-corrected chi connectivity index (χ4v) is 5.87. The summed E-state index contributed by atoms with van der Waals surface area (Å²) in [5.74, 6) is -0.626. The Balaban J connectivity index is 1.27. The third kappa shape index (κ3) is 5.16. The largest absolute Gasteiger partial charge is 0.444 e. The first-order valence-electron chi connectivity index (χ1n) is 14.6. The molecule has 3 aromatic heterocycles. The standard InChI is InChI=1S/C31H38FN7O3/c1-18-19(2)38-17-22(15-25(32)28(38)34-18)39(21-7-8-21)29(40)23-9-10-26(24-16-33-36(6)27(23)24)37-13-11-20(12-14-37)35-30(41)42-31(3,4)5/h9-10,15-17,20-21H,7-8,11-14H2,1-6H3,(H,35,41). The molecule has 0 atom stereocenters. The van der Waals surface area contributed by atoms with E-state index < -0.39 is 17.5 Å². The van der Waals surface area contributed by atoms with Crippen molar-refractivity contribution in [2.24, 2.45) is 7.05 Å². The maximum Gasteiger partial charge on any atom is 0.407 e. The number of hydrogen-bond donors (Lipinski definition) is 1. The van der Waals surface area contributed by atoms with Gasteiger partial charge in [0.15, 0.2) is 11.5 Å². The molecule has 4 heterocycles. The van der Waals surface area contributed by atoms with Crippen LogP contribution in [0.5, 0.6) is 0 Å². The van der Waals surface area contributed by atoms with Crippen LogP contribution in [0.15, 0.2) is 30.6 Å². The summed E-state index contributed by atoms with van der Waals surface area (Å²) in [5.41, 5.74) is 4.12. The summed E-state index contributed by atoms with van der Waals surface area (Å²) in [6.07, 6.45) is 6.51. The predicted octanol–water partition coefficient (Wildman–Crippen LogP) is 5.28. The Labute approximate surface area is 244 Å². The molecular weight excluding hydrogens is 537 g/mol. The molecule has 0 spiro atoms. The van der Waals surface area contributed by atoms with E-state index in [0.29, 0.717) is 11.3 Å². The lowest BCUT2D eigenvalue weighted by atomic mass is 10.0. The van der Waals surface area contributed by atoms with Crippen molar-refractivity contribution in [3.8, 4) is 0 Å². The van der Waals surface area contributed by atoms with E-state index in [1.807, 2.05) is 60.0 Å². The average molecular weight is 576 g/mol. The molecule has 10 nitrogen and oxygen atoms in total. The predicted molar refractivity (Wildman–Crippen MR) is 160 cm³/mol. The van der Waals surface area contributed by atoms with Crippen molar-refractivity contribution in [2.75, 3.05) is 22.9 Å². The molecule has 1 aliphatic carbocycles. The molecule has 6 rings (SSSR count). The number of benzene rings is 1. The molecule has 2 fully saturated rings. The van der Waals surface area contributed by atoms with Gasteiger partial charge >= 0.3 is 6.09 Å². The molecule has 222 valence electrons. The molecule has 1 aliphatic heterocycles. The highest BCUT2D eigenvalue weighted by Gasteiger charge is 2.36. The zero-order valence-electron chi connectivity index (χ0n) is 25.1. The molecule has 4 aromatic rings. The van der Waals surface area contributed by atoms with Crippen molar-refractivity contribution >= 4 is 39.9 Å². The van der Waals surface area contributed by atoms with E-state index in [-0.39, 0.29) is 23.6 Å². The lowest BCUT2D eigenvalue weighted by molar-refractivity contribution is 0.0497. The molecule has 42 heavy (non-hydrogen) atoms. The molecule has 1 aromatic carbocycles. The van der Waals surface area contributed by atoms with Crippen LogP contribution in [0.2, 0.25) is 0 Å². The number of imidazole rings is 1. The monoisotopic (exact) mass is 575 g/mol. The smallest absolute Gasteiger partial charge is 0.407 e. The second kappa shape index (κ2) is 10.3. The lowest BCUT2D eigenvalue weighted by Gasteiger charge is -2.34. The van der Waals surface area contributed by atoms with Gasteiger partial charge in [0.1, 0.15) is 5.60 Å². The number of fused-ring (bicyclic) bond motifs is 2. The van der Waals surface area contributed by atoms with E-state index in [2.05, 4.69) is 20.3 Å². The van der Waals surface area contributed by atoms with E-state index in [1.165, 1.54) is 6.07 Å². The summed E-state index contributed by atoms with van der Waals surface area (Å²) in [7, 11) is 1.84. The van der Waals surface area contributed by atoms with Gasteiger partial charge in [0.2, 0.25) is 0 Å². The first-order valence-corrected chi connectivity index (χ1v) is 14.6. The number of aromatic nitrogens is 4. The van der Waals surface area contributed by atoms with E-state index >= 15 is 4.39 Å². The van der Waals surface area contributed by atoms with Crippen LogP contribution in [-0.4, -0.2) is 61.9 Å². The zero-order chi connectivity index (χ0) is 29.9. The average Bonchev–Trinajstić information content (AvgIpc) is 3.62. The number of nitrogens with zero attached hydrogens (tertiary/aromatic N) is 6. The first kappa shape index (κ1) is 28.0. The third-order valence-electron chi connectivity index (χ3n) is 8.21. The molecule has 0 bridgehead atoms. The number of rotatable bonds is 5. The Bertz CT molecular complexity index is 1690. The van der Waals surface area contributed by atoms with E-state index in [0.717, 1.165) is 66.8 Å². The molecular formula is C31H38FN7O3. The summed E-state index contributed by atoms with van der Waals surface area (Å²) in [6.45, 7) is 10.8.